The number of nitrogens with one attached hydrogen (secondary N) is 1. The zero-order valence-corrected chi connectivity index (χ0v) is 9.80. The maximum Gasteiger partial charge on any atom is 0.308 e. The van der Waals surface area contributed by atoms with E-state index in [-0.39, 0.29) is 12.0 Å². The van der Waals surface area contributed by atoms with Gasteiger partial charge in [0, 0.05) is 6.04 Å². The lowest BCUT2D eigenvalue weighted by Crippen LogP contribution is -2.29. The Morgan fingerprint density at radius 2 is 2.22 bits per heavy atom. The molecule has 0 saturated heterocycles. The summed E-state index contributed by atoms with van der Waals surface area (Å²) in [5.41, 5.74) is 1.50. The van der Waals surface area contributed by atoms with E-state index in [0.29, 0.717) is 18.0 Å². The minimum Gasteiger partial charge on any atom is -0.481 e. The van der Waals surface area contributed by atoms with Crippen molar-refractivity contribution >= 4 is 23.1 Å². The van der Waals surface area contributed by atoms with E-state index in [1.807, 2.05) is 24.3 Å². The van der Waals surface area contributed by atoms with Crippen molar-refractivity contribution in [2.24, 2.45) is 5.92 Å². The SMILES string of the molecule is O=C(O)C1CCCC1Nc1nc2ccccc2o1. The number of carboxylic acid groups (broad SMARTS) is 1. The van der Waals surface area contributed by atoms with Gasteiger partial charge in [-0.15, -0.1) is 0 Å². The maximum absolute atomic E-state index is 11.1. The first-order valence-corrected chi connectivity index (χ1v) is 6.09. The monoisotopic (exact) mass is 246 g/mol. The molecule has 3 rings (SSSR count). The molecule has 1 aliphatic rings. The number of fused-ring (bicyclic) bond motifs is 1. The molecule has 1 aromatic heterocycles. The summed E-state index contributed by atoms with van der Waals surface area (Å²) in [6.07, 6.45) is 2.48. The highest BCUT2D eigenvalue weighted by Crippen LogP contribution is 2.29. The number of aliphatic carboxylic acids is 1. The second-order valence-corrected chi connectivity index (χ2v) is 4.61. The summed E-state index contributed by atoms with van der Waals surface area (Å²) in [6.45, 7) is 0. The van der Waals surface area contributed by atoms with Gasteiger partial charge in [-0.3, -0.25) is 4.79 Å². The van der Waals surface area contributed by atoms with Gasteiger partial charge in [0.15, 0.2) is 5.58 Å². The van der Waals surface area contributed by atoms with Crippen LogP contribution in [0.25, 0.3) is 11.1 Å². The highest BCUT2D eigenvalue weighted by Gasteiger charge is 2.33. The Kier molecular flexibility index (Phi) is 2.66. The number of carboxylic acids is 1. The van der Waals surface area contributed by atoms with E-state index in [9.17, 15) is 4.79 Å². The molecule has 1 fully saturated rings. The van der Waals surface area contributed by atoms with Crippen LogP contribution in [0.1, 0.15) is 19.3 Å². The lowest BCUT2D eigenvalue weighted by Gasteiger charge is -2.15. The molecule has 1 aromatic carbocycles. The van der Waals surface area contributed by atoms with Crippen molar-refractivity contribution < 1.29 is 14.3 Å². The standard InChI is InChI=1S/C13H14N2O3/c16-12(17)8-4-3-6-9(8)14-13-15-10-5-1-2-7-11(10)18-13/h1-2,5,7-9H,3-4,6H2,(H,14,15)(H,16,17). The van der Waals surface area contributed by atoms with Crippen LogP contribution < -0.4 is 5.32 Å². The summed E-state index contributed by atoms with van der Waals surface area (Å²) >= 11 is 0. The third-order valence-corrected chi connectivity index (χ3v) is 3.44. The Balaban J connectivity index is 1.81. The molecule has 1 heterocycles. The van der Waals surface area contributed by atoms with Crippen molar-refractivity contribution in [3.63, 3.8) is 0 Å². The van der Waals surface area contributed by atoms with Gasteiger partial charge in [-0.1, -0.05) is 18.6 Å². The number of carbonyl (C=O) groups is 1. The van der Waals surface area contributed by atoms with E-state index < -0.39 is 5.97 Å². The second-order valence-electron chi connectivity index (χ2n) is 4.61. The summed E-state index contributed by atoms with van der Waals surface area (Å²) in [5, 5.41) is 12.2. The smallest absolute Gasteiger partial charge is 0.308 e. The Morgan fingerprint density at radius 3 is 3.00 bits per heavy atom. The molecule has 2 aromatic rings. The van der Waals surface area contributed by atoms with E-state index in [4.69, 9.17) is 9.52 Å². The van der Waals surface area contributed by atoms with E-state index in [1.165, 1.54) is 0 Å². The van der Waals surface area contributed by atoms with Crippen molar-refractivity contribution in [2.45, 2.75) is 25.3 Å². The predicted molar refractivity (Wildman–Crippen MR) is 66.4 cm³/mol. The molecule has 0 radical (unpaired) electrons. The van der Waals surface area contributed by atoms with Crippen LogP contribution in [-0.2, 0) is 4.79 Å². The predicted octanol–water partition coefficient (Wildman–Crippen LogP) is 2.49. The molecule has 2 unspecified atom stereocenters. The molecule has 5 nitrogen and oxygen atoms in total. The number of para-hydroxylation sites is 2. The first-order valence-electron chi connectivity index (χ1n) is 6.09. The zero-order chi connectivity index (χ0) is 12.5. The lowest BCUT2D eigenvalue weighted by atomic mass is 10.0. The molecule has 2 atom stereocenters. The van der Waals surface area contributed by atoms with Crippen LogP contribution in [0.4, 0.5) is 6.01 Å². The molecular formula is C13H14N2O3. The molecule has 0 spiro atoms. The number of aromatic nitrogens is 1. The average Bonchev–Trinajstić information content (AvgIpc) is 2.94. The third kappa shape index (κ3) is 1.92. The van der Waals surface area contributed by atoms with Gasteiger partial charge >= 0.3 is 5.97 Å². The van der Waals surface area contributed by atoms with Crippen molar-refractivity contribution in [1.29, 1.82) is 0 Å². The fourth-order valence-electron chi connectivity index (χ4n) is 2.52. The van der Waals surface area contributed by atoms with Crippen molar-refractivity contribution in [2.75, 3.05) is 5.32 Å². The van der Waals surface area contributed by atoms with Crippen LogP contribution in [0.3, 0.4) is 0 Å². The maximum atomic E-state index is 11.1. The number of hydrogen-bond acceptors (Lipinski definition) is 4. The Labute approximate surface area is 104 Å². The van der Waals surface area contributed by atoms with E-state index >= 15 is 0 Å². The van der Waals surface area contributed by atoms with Gasteiger partial charge in [-0.2, -0.15) is 4.98 Å². The quantitative estimate of drug-likeness (QED) is 0.870. The third-order valence-electron chi connectivity index (χ3n) is 3.44. The number of rotatable bonds is 3. The van der Waals surface area contributed by atoms with E-state index in [0.717, 1.165) is 18.4 Å². The van der Waals surface area contributed by atoms with E-state index in [1.54, 1.807) is 0 Å². The van der Waals surface area contributed by atoms with Crippen LogP contribution in [0, 0.1) is 5.92 Å². The average molecular weight is 246 g/mol. The van der Waals surface area contributed by atoms with Gasteiger partial charge in [0.05, 0.1) is 5.92 Å². The Morgan fingerprint density at radius 1 is 1.39 bits per heavy atom. The lowest BCUT2D eigenvalue weighted by molar-refractivity contribution is -0.141. The van der Waals surface area contributed by atoms with Gasteiger partial charge in [0.2, 0.25) is 0 Å². The van der Waals surface area contributed by atoms with Gasteiger partial charge in [-0.25, -0.2) is 0 Å². The summed E-state index contributed by atoms with van der Waals surface area (Å²) in [6, 6.07) is 7.81. The zero-order valence-electron chi connectivity index (χ0n) is 9.80. The first-order chi connectivity index (χ1) is 8.74. The van der Waals surface area contributed by atoms with Crippen LogP contribution in [0.2, 0.25) is 0 Å². The van der Waals surface area contributed by atoms with Crippen LogP contribution in [0.15, 0.2) is 28.7 Å². The molecule has 18 heavy (non-hydrogen) atoms. The molecule has 0 bridgehead atoms. The fraction of sp³-hybridized carbons (Fsp3) is 0.385. The van der Waals surface area contributed by atoms with Gasteiger partial charge in [0.25, 0.3) is 6.01 Å². The topological polar surface area (TPSA) is 75.4 Å². The highest BCUT2D eigenvalue weighted by molar-refractivity contribution is 5.75. The number of nitrogens with zero attached hydrogens (tertiary/aromatic N) is 1. The summed E-state index contributed by atoms with van der Waals surface area (Å²) in [5.74, 6) is -1.10. The molecule has 0 aliphatic heterocycles. The molecule has 94 valence electrons. The molecular weight excluding hydrogens is 232 g/mol. The Bertz CT molecular complexity index is 545. The highest BCUT2D eigenvalue weighted by atomic mass is 16.4. The van der Waals surface area contributed by atoms with Gasteiger partial charge in [-0.05, 0) is 25.0 Å². The molecule has 1 saturated carbocycles. The minimum absolute atomic E-state index is 0.0874. The second kappa shape index (κ2) is 4.33. The van der Waals surface area contributed by atoms with Crippen LogP contribution >= 0.6 is 0 Å². The fourth-order valence-corrected chi connectivity index (χ4v) is 2.52. The largest absolute Gasteiger partial charge is 0.481 e. The van der Waals surface area contributed by atoms with Gasteiger partial charge < -0.3 is 14.8 Å². The molecule has 2 N–H and O–H groups in total. The first kappa shape index (κ1) is 11.1. The molecule has 5 heteroatoms. The Hall–Kier alpha value is -2.04. The normalized spacial score (nSPS) is 23.3. The number of hydrogen-bond donors (Lipinski definition) is 2. The summed E-state index contributed by atoms with van der Waals surface area (Å²) < 4.78 is 5.54. The van der Waals surface area contributed by atoms with Crippen molar-refractivity contribution in [3.8, 4) is 0 Å². The van der Waals surface area contributed by atoms with Crippen LogP contribution in [0.5, 0.6) is 0 Å². The summed E-state index contributed by atoms with van der Waals surface area (Å²) in [4.78, 5) is 15.4. The van der Waals surface area contributed by atoms with E-state index in [2.05, 4.69) is 10.3 Å². The molecule has 0 amide bonds. The summed E-state index contributed by atoms with van der Waals surface area (Å²) in [7, 11) is 0. The van der Waals surface area contributed by atoms with Crippen LogP contribution in [-0.4, -0.2) is 22.1 Å². The number of benzene rings is 1. The number of anilines is 1. The van der Waals surface area contributed by atoms with Crippen molar-refractivity contribution in [1.82, 2.24) is 4.98 Å². The van der Waals surface area contributed by atoms with Gasteiger partial charge in [0.1, 0.15) is 5.52 Å². The molecule has 1 aliphatic carbocycles. The number of oxazole rings is 1. The van der Waals surface area contributed by atoms with Crippen molar-refractivity contribution in [3.05, 3.63) is 24.3 Å². The minimum atomic E-state index is -0.749.